The average Bonchev–Trinajstić information content (AvgIpc) is 2.30. The fraction of sp³-hybridized carbons (Fsp3) is 0.692. The topological polar surface area (TPSA) is 55.7 Å². The molecule has 0 spiro atoms. The van der Waals surface area contributed by atoms with Crippen molar-refractivity contribution in [3.63, 3.8) is 0 Å². The Balaban J connectivity index is 0.00000289. The third-order valence-electron chi connectivity index (χ3n) is 3.04. The Hall–Kier alpha value is -0.320. The number of aliphatic carboxylic acids is 1. The fourth-order valence-corrected chi connectivity index (χ4v) is 2.07. The van der Waals surface area contributed by atoms with Crippen molar-refractivity contribution < 1.29 is 39.5 Å². The van der Waals surface area contributed by atoms with Crippen molar-refractivity contribution in [2.45, 2.75) is 39.0 Å². The first-order chi connectivity index (χ1) is 8.09. The van der Waals surface area contributed by atoms with Crippen LogP contribution in [0.5, 0.6) is 0 Å². The third kappa shape index (κ3) is 7.19. The first-order valence-electron chi connectivity index (χ1n) is 6.24. The van der Waals surface area contributed by atoms with Crippen LogP contribution in [0.15, 0.2) is 17.3 Å². The quantitative estimate of drug-likeness (QED) is 0.253. The number of hydrazone groups is 1. The molecule has 1 aliphatic carbocycles. The summed E-state index contributed by atoms with van der Waals surface area (Å²) in [7, 11) is 1.76. The van der Waals surface area contributed by atoms with Crippen molar-refractivity contribution in [3.05, 3.63) is 12.2 Å². The Morgan fingerprint density at radius 2 is 2.00 bits per heavy atom. The minimum Gasteiger partial charge on any atom is -0.543 e. The first kappa shape index (κ1) is 17.7. The van der Waals surface area contributed by atoms with Crippen LogP contribution in [0.3, 0.4) is 0 Å². The zero-order chi connectivity index (χ0) is 12.7. The average molecular weight is 260 g/mol. The fourth-order valence-electron chi connectivity index (χ4n) is 2.07. The van der Waals surface area contributed by atoms with E-state index < -0.39 is 5.97 Å². The van der Waals surface area contributed by atoms with E-state index in [1.807, 2.05) is 0 Å². The van der Waals surface area contributed by atoms with E-state index in [0.29, 0.717) is 12.5 Å². The molecule has 0 aromatic carbocycles. The zero-order valence-corrected chi connectivity index (χ0v) is 13.7. The summed E-state index contributed by atoms with van der Waals surface area (Å²) in [5, 5.41) is 16.0. The predicted molar refractivity (Wildman–Crippen MR) is 66.5 cm³/mol. The molecule has 1 saturated carbocycles. The van der Waals surface area contributed by atoms with E-state index in [9.17, 15) is 9.90 Å². The van der Waals surface area contributed by atoms with Crippen LogP contribution in [-0.4, -0.2) is 30.3 Å². The van der Waals surface area contributed by atoms with Crippen LogP contribution < -0.4 is 34.7 Å². The number of carbonyl (C=O) groups excluding carboxylic acids is 1. The summed E-state index contributed by atoms with van der Waals surface area (Å²) in [5.41, 5.74) is 0.0126. The van der Waals surface area contributed by atoms with Crippen molar-refractivity contribution in [3.8, 4) is 0 Å². The van der Waals surface area contributed by atoms with E-state index in [4.69, 9.17) is 0 Å². The van der Waals surface area contributed by atoms with Gasteiger partial charge in [0, 0.05) is 7.05 Å². The second-order valence-electron chi connectivity index (χ2n) is 4.64. The van der Waals surface area contributed by atoms with Gasteiger partial charge in [0.25, 0.3) is 0 Å². The van der Waals surface area contributed by atoms with Crippen LogP contribution in [0, 0.1) is 5.92 Å². The predicted octanol–water partition coefficient (Wildman–Crippen LogP) is -1.82. The number of hydrogen-bond donors (Lipinski definition) is 0. The van der Waals surface area contributed by atoms with Gasteiger partial charge in [-0.3, -0.25) is 5.01 Å². The maximum atomic E-state index is 10.5. The number of carboxylic acid groups (broad SMARTS) is 1. The van der Waals surface area contributed by atoms with Crippen LogP contribution in [0.25, 0.3) is 0 Å². The molecule has 0 radical (unpaired) electrons. The van der Waals surface area contributed by atoms with Crippen molar-refractivity contribution >= 4 is 11.7 Å². The number of likely N-dealkylation sites (N-methyl/N-ethyl adjacent to an activating group) is 1. The molecule has 0 atom stereocenters. The normalized spacial score (nSPS) is 17.6. The SMILES string of the molecule is CC(=NN(C)CC=CC1CCCCC1)C(=O)[O-].[Na+]. The molecule has 96 valence electrons. The number of nitrogens with zero attached hydrogens (tertiary/aromatic N) is 2. The Labute approximate surface area is 131 Å². The van der Waals surface area contributed by atoms with Crippen molar-refractivity contribution in [1.82, 2.24) is 5.01 Å². The van der Waals surface area contributed by atoms with Gasteiger partial charge in [0.15, 0.2) is 0 Å². The van der Waals surface area contributed by atoms with Crippen molar-refractivity contribution in [2.75, 3.05) is 13.6 Å². The van der Waals surface area contributed by atoms with Gasteiger partial charge in [-0.2, -0.15) is 5.10 Å². The molecule has 0 aromatic rings. The van der Waals surface area contributed by atoms with Crippen LogP contribution in [0.4, 0.5) is 0 Å². The maximum absolute atomic E-state index is 10.5. The molecule has 0 aromatic heterocycles. The number of carbonyl (C=O) groups is 1. The molecule has 0 heterocycles. The van der Waals surface area contributed by atoms with Crippen LogP contribution in [-0.2, 0) is 4.79 Å². The molecule has 0 N–H and O–H groups in total. The Kier molecular flexibility index (Phi) is 9.42. The number of hydrogen-bond acceptors (Lipinski definition) is 4. The second-order valence-corrected chi connectivity index (χ2v) is 4.64. The van der Waals surface area contributed by atoms with Crippen LogP contribution in [0.2, 0.25) is 0 Å². The molecule has 4 nitrogen and oxygen atoms in total. The smallest absolute Gasteiger partial charge is 0.543 e. The van der Waals surface area contributed by atoms with Gasteiger partial charge in [-0.1, -0.05) is 31.4 Å². The molecule has 5 heteroatoms. The molecule has 0 amide bonds. The van der Waals surface area contributed by atoms with Gasteiger partial charge in [-0.05, 0) is 25.7 Å². The molecule has 0 bridgehead atoms. The van der Waals surface area contributed by atoms with Gasteiger partial charge in [-0.15, -0.1) is 0 Å². The third-order valence-corrected chi connectivity index (χ3v) is 3.04. The molecule has 0 aliphatic heterocycles. The summed E-state index contributed by atoms with van der Waals surface area (Å²) < 4.78 is 0. The second kappa shape index (κ2) is 9.59. The van der Waals surface area contributed by atoms with E-state index in [2.05, 4.69) is 17.3 Å². The molecule has 1 aliphatic rings. The number of allylic oxidation sites excluding steroid dienone is 1. The Morgan fingerprint density at radius 1 is 1.39 bits per heavy atom. The summed E-state index contributed by atoms with van der Waals surface area (Å²) >= 11 is 0. The summed E-state index contributed by atoms with van der Waals surface area (Å²) in [5.74, 6) is -0.517. The molecule has 0 saturated heterocycles. The molecule has 18 heavy (non-hydrogen) atoms. The first-order valence-corrected chi connectivity index (χ1v) is 6.24. The van der Waals surface area contributed by atoms with Gasteiger partial charge < -0.3 is 9.90 Å². The van der Waals surface area contributed by atoms with Crippen molar-refractivity contribution in [1.29, 1.82) is 0 Å². The molecule has 0 unspecified atom stereocenters. The largest absolute Gasteiger partial charge is 1.00 e. The van der Waals surface area contributed by atoms with Gasteiger partial charge in [0.2, 0.25) is 0 Å². The molecular weight excluding hydrogens is 239 g/mol. The van der Waals surface area contributed by atoms with E-state index in [1.54, 1.807) is 12.1 Å². The molecular formula is C13H21N2NaO2. The summed E-state index contributed by atoms with van der Waals surface area (Å²) in [6.07, 6.45) is 10.9. The summed E-state index contributed by atoms with van der Waals surface area (Å²) in [6.45, 7) is 2.08. The summed E-state index contributed by atoms with van der Waals surface area (Å²) in [6, 6.07) is 0. The molecule has 1 fully saturated rings. The van der Waals surface area contributed by atoms with Crippen molar-refractivity contribution in [2.24, 2.45) is 11.0 Å². The minimum atomic E-state index is -1.21. The van der Waals surface area contributed by atoms with Gasteiger partial charge in [0.05, 0.1) is 18.2 Å². The Bertz CT molecular complexity index is 310. The van der Waals surface area contributed by atoms with E-state index >= 15 is 0 Å². The van der Waals surface area contributed by atoms with Crippen LogP contribution in [0.1, 0.15) is 39.0 Å². The van der Waals surface area contributed by atoms with Crippen LogP contribution >= 0.6 is 0 Å². The zero-order valence-electron chi connectivity index (χ0n) is 11.7. The Morgan fingerprint density at radius 3 is 2.56 bits per heavy atom. The van der Waals surface area contributed by atoms with Gasteiger partial charge in [0.1, 0.15) is 0 Å². The monoisotopic (exact) mass is 260 g/mol. The maximum Gasteiger partial charge on any atom is 1.00 e. The minimum absolute atomic E-state index is 0. The van der Waals surface area contributed by atoms with Gasteiger partial charge in [-0.25, -0.2) is 0 Å². The van der Waals surface area contributed by atoms with Gasteiger partial charge >= 0.3 is 29.6 Å². The van der Waals surface area contributed by atoms with E-state index in [-0.39, 0.29) is 35.3 Å². The summed E-state index contributed by atoms with van der Waals surface area (Å²) in [4.78, 5) is 10.5. The van der Waals surface area contributed by atoms with E-state index in [1.165, 1.54) is 39.0 Å². The molecule has 1 rings (SSSR count). The standard InChI is InChI=1S/C13H22N2O2.Na/c1-11(13(16)17)14-15(2)10-6-9-12-7-4-3-5-8-12;/h6,9,12H,3-5,7-8,10H2,1-2H3,(H,16,17);/q;+1/p-1. The number of carboxylic acids is 1. The number of rotatable bonds is 5. The van der Waals surface area contributed by atoms with E-state index in [0.717, 1.165) is 0 Å².